The van der Waals surface area contributed by atoms with Gasteiger partial charge in [0.05, 0.1) is 13.2 Å². The van der Waals surface area contributed by atoms with Crippen LogP contribution in [0.2, 0.25) is 0 Å². The Balaban J connectivity index is 2.17. The molecule has 5 heteroatoms. The normalized spacial score (nSPS) is 34.3. The molecule has 108 valence electrons. The van der Waals surface area contributed by atoms with Crippen molar-refractivity contribution in [2.24, 2.45) is 16.7 Å². The van der Waals surface area contributed by atoms with Gasteiger partial charge in [0.25, 0.3) is 0 Å². The number of hydrogen-bond acceptors (Lipinski definition) is 4. The highest BCUT2D eigenvalue weighted by Gasteiger charge is 2.55. The third-order valence-electron chi connectivity index (χ3n) is 5.30. The molecule has 2 rings (SSSR count). The van der Waals surface area contributed by atoms with Gasteiger partial charge in [-0.1, -0.05) is 20.8 Å². The minimum atomic E-state index is -1.05. The fraction of sp³-hybridized carbons (Fsp3) is 0.857. The van der Waals surface area contributed by atoms with E-state index in [1.54, 1.807) is 11.8 Å². The number of nitrogens with zero attached hydrogens (tertiary/aromatic N) is 1. The monoisotopic (exact) mass is 268 g/mol. The van der Waals surface area contributed by atoms with Gasteiger partial charge in [-0.15, -0.1) is 0 Å². The molecule has 2 aliphatic rings. The molecule has 5 nitrogen and oxygen atoms in total. The van der Waals surface area contributed by atoms with Gasteiger partial charge >= 0.3 is 0 Å². The first-order chi connectivity index (χ1) is 8.80. The number of morpholine rings is 1. The van der Waals surface area contributed by atoms with Gasteiger partial charge in [-0.2, -0.15) is 0 Å². The summed E-state index contributed by atoms with van der Waals surface area (Å²) in [6.45, 7) is 7.79. The summed E-state index contributed by atoms with van der Waals surface area (Å²) in [4.78, 5) is 25.8. The highest BCUT2D eigenvalue weighted by molar-refractivity contribution is 5.83. The van der Waals surface area contributed by atoms with Crippen molar-refractivity contribution in [2.75, 3.05) is 26.3 Å². The summed E-state index contributed by atoms with van der Waals surface area (Å²) >= 11 is 0. The second-order valence-electron chi connectivity index (χ2n) is 6.37. The van der Waals surface area contributed by atoms with Crippen LogP contribution in [-0.4, -0.2) is 43.1 Å². The highest BCUT2D eigenvalue weighted by Crippen LogP contribution is 2.56. The van der Waals surface area contributed by atoms with E-state index in [-0.39, 0.29) is 11.8 Å². The Labute approximate surface area is 113 Å². The van der Waals surface area contributed by atoms with E-state index in [1.807, 2.05) is 13.8 Å². The Kier molecular flexibility index (Phi) is 3.60. The van der Waals surface area contributed by atoms with Crippen LogP contribution in [0.4, 0.5) is 0 Å². The maximum Gasteiger partial charge on any atom is 0.226 e. The third-order valence-corrected chi connectivity index (χ3v) is 5.30. The van der Waals surface area contributed by atoms with Crippen LogP contribution in [0.5, 0.6) is 0 Å². The van der Waals surface area contributed by atoms with Crippen molar-refractivity contribution in [3.8, 4) is 0 Å². The van der Waals surface area contributed by atoms with Crippen LogP contribution in [0.1, 0.15) is 33.6 Å². The van der Waals surface area contributed by atoms with Gasteiger partial charge in [-0.3, -0.25) is 4.79 Å². The predicted molar refractivity (Wildman–Crippen MR) is 67.0 cm³/mol. The number of carboxylic acid groups (broad SMARTS) is 1. The fourth-order valence-electron chi connectivity index (χ4n) is 3.30. The van der Waals surface area contributed by atoms with Gasteiger partial charge in [0.2, 0.25) is 5.91 Å². The lowest BCUT2D eigenvalue weighted by atomic mass is 9.65. The summed E-state index contributed by atoms with van der Waals surface area (Å²) in [7, 11) is 0. The smallest absolute Gasteiger partial charge is 0.226 e. The summed E-state index contributed by atoms with van der Waals surface area (Å²) in [6, 6.07) is 0. The maximum absolute atomic E-state index is 12.6. The first-order valence-electron chi connectivity index (χ1n) is 6.88. The topological polar surface area (TPSA) is 69.7 Å². The largest absolute Gasteiger partial charge is 0.550 e. The maximum atomic E-state index is 12.6. The van der Waals surface area contributed by atoms with Crippen molar-refractivity contribution in [2.45, 2.75) is 33.6 Å². The van der Waals surface area contributed by atoms with Crippen molar-refractivity contribution >= 4 is 11.9 Å². The number of carbonyl (C=O) groups is 2. The molecule has 0 spiro atoms. The molecular formula is C14H22NO4-. The number of aliphatic carboxylic acids is 1. The molecule has 19 heavy (non-hydrogen) atoms. The SMILES string of the molecule is CC1(C)[C@@H](C(=O)N2CCOCC2)CC[C@@]1(C)C(=O)[O-]. The molecule has 0 aromatic heterocycles. The highest BCUT2D eigenvalue weighted by atomic mass is 16.5. The lowest BCUT2D eigenvalue weighted by molar-refractivity contribution is -0.323. The van der Waals surface area contributed by atoms with E-state index in [0.717, 1.165) is 0 Å². The van der Waals surface area contributed by atoms with E-state index >= 15 is 0 Å². The van der Waals surface area contributed by atoms with Crippen molar-refractivity contribution < 1.29 is 19.4 Å². The zero-order chi connectivity index (χ0) is 14.3. The molecule has 0 unspecified atom stereocenters. The zero-order valence-electron chi connectivity index (χ0n) is 11.9. The first kappa shape index (κ1) is 14.3. The Morgan fingerprint density at radius 2 is 1.79 bits per heavy atom. The summed E-state index contributed by atoms with van der Waals surface area (Å²) in [5.74, 6) is -1.22. The first-order valence-corrected chi connectivity index (χ1v) is 6.88. The number of rotatable bonds is 2. The molecule has 2 fully saturated rings. The van der Waals surface area contributed by atoms with Crippen LogP contribution in [0.15, 0.2) is 0 Å². The molecule has 1 aliphatic heterocycles. The van der Waals surface area contributed by atoms with Crippen molar-refractivity contribution in [3.05, 3.63) is 0 Å². The molecular weight excluding hydrogens is 246 g/mol. The number of ether oxygens (including phenoxy) is 1. The summed E-state index contributed by atoms with van der Waals surface area (Å²) < 4.78 is 5.25. The minimum absolute atomic E-state index is 0.0678. The molecule has 1 heterocycles. The van der Waals surface area contributed by atoms with Crippen molar-refractivity contribution in [1.82, 2.24) is 4.90 Å². The molecule has 0 bridgehead atoms. The minimum Gasteiger partial charge on any atom is -0.550 e. The van der Waals surface area contributed by atoms with E-state index in [9.17, 15) is 14.7 Å². The van der Waals surface area contributed by atoms with Gasteiger partial charge in [-0.05, 0) is 18.3 Å². The molecule has 2 atom stereocenters. The molecule has 0 radical (unpaired) electrons. The predicted octanol–water partition coefficient (Wildman–Crippen LogP) is 0.0376. The number of amides is 1. The van der Waals surface area contributed by atoms with Gasteiger partial charge in [-0.25, -0.2) is 0 Å². The lowest BCUT2D eigenvalue weighted by Gasteiger charge is -2.43. The Morgan fingerprint density at radius 1 is 1.21 bits per heavy atom. The molecule has 1 saturated heterocycles. The Morgan fingerprint density at radius 3 is 2.26 bits per heavy atom. The average Bonchev–Trinajstić information content (AvgIpc) is 2.62. The quantitative estimate of drug-likeness (QED) is 0.709. The second-order valence-corrected chi connectivity index (χ2v) is 6.37. The summed E-state index contributed by atoms with van der Waals surface area (Å²) in [5.41, 5.74) is -1.51. The Bertz CT molecular complexity index is 387. The van der Waals surface area contributed by atoms with E-state index < -0.39 is 16.8 Å². The van der Waals surface area contributed by atoms with Crippen LogP contribution >= 0.6 is 0 Å². The van der Waals surface area contributed by atoms with Gasteiger partial charge in [0, 0.05) is 30.4 Å². The van der Waals surface area contributed by atoms with Crippen LogP contribution in [0, 0.1) is 16.7 Å². The van der Waals surface area contributed by atoms with Crippen LogP contribution in [0.3, 0.4) is 0 Å². The van der Waals surface area contributed by atoms with E-state index in [1.165, 1.54) is 0 Å². The zero-order valence-corrected chi connectivity index (χ0v) is 11.9. The average molecular weight is 268 g/mol. The van der Waals surface area contributed by atoms with Gasteiger partial charge < -0.3 is 19.5 Å². The number of hydrogen-bond donors (Lipinski definition) is 0. The number of carbonyl (C=O) groups excluding carboxylic acids is 2. The summed E-state index contributed by atoms with van der Waals surface area (Å²) in [6.07, 6.45) is 1.12. The van der Waals surface area contributed by atoms with E-state index in [2.05, 4.69) is 0 Å². The molecule has 1 aliphatic carbocycles. The van der Waals surface area contributed by atoms with Crippen LogP contribution in [0.25, 0.3) is 0 Å². The number of carboxylic acids is 1. The molecule has 0 aromatic carbocycles. The molecule has 1 saturated carbocycles. The fourth-order valence-corrected chi connectivity index (χ4v) is 3.30. The van der Waals surface area contributed by atoms with Crippen LogP contribution in [-0.2, 0) is 14.3 Å². The van der Waals surface area contributed by atoms with E-state index in [0.29, 0.717) is 39.1 Å². The molecule has 1 amide bonds. The van der Waals surface area contributed by atoms with Crippen LogP contribution < -0.4 is 5.11 Å². The summed E-state index contributed by atoms with van der Waals surface area (Å²) in [5, 5.41) is 11.4. The Hall–Kier alpha value is -1.10. The molecule has 0 aromatic rings. The lowest BCUT2D eigenvalue weighted by Crippen LogP contribution is -2.52. The van der Waals surface area contributed by atoms with E-state index in [4.69, 9.17) is 4.74 Å². The third kappa shape index (κ3) is 2.14. The van der Waals surface area contributed by atoms with Crippen molar-refractivity contribution in [3.63, 3.8) is 0 Å². The molecule has 0 N–H and O–H groups in total. The van der Waals surface area contributed by atoms with Gasteiger partial charge in [0.15, 0.2) is 0 Å². The van der Waals surface area contributed by atoms with Gasteiger partial charge in [0.1, 0.15) is 0 Å². The standard InChI is InChI=1S/C14H23NO4/c1-13(2)10(4-5-14(13,3)12(17)18)11(16)15-6-8-19-9-7-15/h10H,4-9H2,1-3H3,(H,17,18)/p-1/t10-,14+/m1/s1. The second kappa shape index (κ2) is 4.78. The van der Waals surface area contributed by atoms with Crippen molar-refractivity contribution in [1.29, 1.82) is 0 Å².